The summed E-state index contributed by atoms with van der Waals surface area (Å²) in [5.41, 5.74) is 4.03. The number of hydrogen-bond acceptors (Lipinski definition) is 6. The van der Waals surface area contributed by atoms with Gasteiger partial charge in [-0.25, -0.2) is 4.98 Å². The molecule has 0 aliphatic heterocycles. The Morgan fingerprint density at radius 2 is 1.61 bits per heavy atom. The van der Waals surface area contributed by atoms with E-state index in [-0.39, 0.29) is 18.2 Å². The lowest BCUT2D eigenvalue weighted by Gasteiger charge is -2.16. The lowest BCUT2D eigenvalue weighted by Crippen LogP contribution is -2.19. The van der Waals surface area contributed by atoms with Gasteiger partial charge in [0.05, 0.1) is 19.2 Å². The molecular weight excluding hydrogens is 574 g/mol. The molecule has 1 heterocycles. The summed E-state index contributed by atoms with van der Waals surface area (Å²) in [7, 11) is 1.62. The maximum Gasteiger partial charge on any atom is 0.244 e. The number of hydrogen-bond donors (Lipinski definition) is 2. The monoisotopic (exact) mass is 599 g/mol. The van der Waals surface area contributed by atoms with E-state index in [1.54, 1.807) is 19.2 Å². The van der Waals surface area contributed by atoms with Crippen molar-refractivity contribution in [2.75, 3.05) is 17.7 Å². The van der Waals surface area contributed by atoms with E-state index in [9.17, 15) is 9.59 Å². The molecule has 1 atom stereocenters. The number of nitrogens with zero attached hydrogens (tertiary/aromatic N) is 1. The third-order valence-corrected chi connectivity index (χ3v) is 8.40. The van der Waals surface area contributed by atoms with Crippen LogP contribution in [0.2, 0.25) is 5.02 Å². The van der Waals surface area contributed by atoms with Gasteiger partial charge in [-0.05, 0) is 59.7 Å². The molecule has 1 unspecified atom stereocenters. The van der Waals surface area contributed by atoms with E-state index in [0.717, 1.165) is 33.0 Å². The van der Waals surface area contributed by atoms with Crippen molar-refractivity contribution in [2.45, 2.75) is 16.6 Å². The van der Waals surface area contributed by atoms with Crippen LogP contribution in [0.4, 0.5) is 10.8 Å². The van der Waals surface area contributed by atoms with Crippen LogP contribution in [0.15, 0.2) is 113 Å². The second-order valence-corrected chi connectivity index (χ2v) is 11.5. The van der Waals surface area contributed by atoms with E-state index in [1.807, 2.05) is 96.4 Å². The highest BCUT2D eigenvalue weighted by molar-refractivity contribution is 8.00. The molecule has 1 aromatic heterocycles. The van der Waals surface area contributed by atoms with Crippen LogP contribution in [0.25, 0.3) is 11.3 Å². The Labute approximate surface area is 251 Å². The minimum absolute atomic E-state index is 0.120. The van der Waals surface area contributed by atoms with Crippen molar-refractivity contribution >= 4 is 57.3 Å². The van der Waals surface area contributed by atoms with Gasteiger partial charge in [-0.1, -0.05) is 66.2 Å². The first-order chi connectivity index (χ1) is 20.0. The zero-order valence-corrected chi connectivity index (χ0v) is 24.4. The topological polar surface area (TPSA) is 80.3 Å². The molecule has 206 valence electrons. The van der Waals surface area contributed by atoms with Gasteiger partial charge in [-0.3, -0.25) is 9.59 Å². The normalized spacial score (nSPS) is 11.5. The quantitative estimate of drug-likeness (QED) is 0.158. The number of halogens is 1. The van der Waals surface area contributed by atoms with E-state index < -0.39 is 5.25 Å². The SMILES string of the molecule is COc1ccccc1-c1csc(NC(=O)C(Sc2ccc(NC(=O)Cc3ccc(Cl)cc3)cc2)c2ccccc2)n1. The number of para-hydroxylation sites is 1. The van der Waals surface area contributed by atoms with Gasteiger partial charge in [-0.15, -0.1) is 23.1 Å². The van der Waals surface area contributed by atoms with Crippen LogP contribution >= 0.6 is 34.7 Å². The molecule has 4 aromatic carbocycles. The second kappa shape index (κ2) is 13.5. The van der Waals surface area contributed by atoms with Crippen LogP contribution in [0.1, 0.15) is 16.4 Å². The Kier molecular flexibility index (Phi) is 9.36. The molecule has 5 rings (SSSR count). The molecular formula is C32H26ClN3O3S2. The predicted octanol–water partition coefficient (Wildman–Crippen LogP) is 8.13. The lowest BCUT2D eigenvalue weighted by molar-refractivity contribution is -0.116. The average Bonchev–Trinajstić information content (AvgIpc) is 3.46. The van der Waals surface area contributed by atoms with Crippen molar-refractivity contribution in [3.63, 3.8) is 0 Å². The number of thioether (sulfide) groups is 1. The highest BCUT2D eigenvalue weighted by Crippen LogP contribution is 2.38. The van der Waals surface area contributed by atoms with E-state index in [4.69, 9.17) is 16.3 Å². The summed E-state index contributed by atoms with van der Waals surface area (Å²) in [6, 6.07) is 31.9. The Balaban J connectivity index is 1.27. The molecule has 0 bridgehead atoms. The summed E-state index contributed by atoms with van der Waals surface area (Å²) in [4.78, 5) is 31.6. The van der Waals surface area contributed by atoms with Crippen LogP contribution < -0.4 is 15.4 Å². The van der Waals surface area contributed by atoms with Gasteiger partial charge in [0.25, 0.3) is 0 Å². The number of aromatic nitrogens is 1. The molecule has 5 aromatic rings. The number of thiazole rings is 1. The molecule has 41 heavy (non-hydrogen) atoms. The van der Waals surface area contributed by atoms with Crippen LogP contribution in [0.3, 0.4) is 0 Å². The maximum atomic E-state index is 13.5. The number of amides is 2. The first kappa shape index (κ1) is 28.4. The van der Waals surface area contributed by atoms with Crippen LogP contribution in [-0.4, -0.2) is 23.9 Å². The van der Waals surface area contributed by atoms with Crippen molar-refractivity contribution in [1.82, 2.24) is 4.98 Å². The fourth-order valence-corrected chi connectivity index (χ4v) is 5.99. The Hall–Kier alpha value is -4.11. The third kappa shape index (κ3) is 7.55. The van der Waals surface area contributed by atoms with E-state index in [0.29, 0.717) is 15.8 Å². The minimum Gasteiger partial charge on any atom is -0.496 e. The highest BCUT2D eigenvalue weighted by atomic mass is 35.5. The summed E-state index contributed by atoms with van der Waals surface area (Å²) in [5.74, 6) is 0.422. The predicted molar refractivity (Wildman–Crippen MR) is 168 cm³/mol. The van der Waals surface area contributed by atoms with E-state index in [2.05, 4.69) is 15.6 Å². The fraction of sp³-hybridized carbons (Fsp3) is 0.0938. The Morgan fingerprint density at radius 1 is 0.902 bits per heavy atom. The number of carbonyl (C=O) groups excluding carboxylic acids is 2. The van der Waals surface area contributed by atoms with Crippen molar-refractivity contribution in [3.05, 3.63) is 125 Å². The Morgan fingerprint density at radius 3 is 2.34 bits per heavy atom. The van der Waals surface area contributed by atoms with Crippen LogP contribution in [0, 0.1) is 0 Å². The molecule has 0 aliphatic rings. The first-order valence-corrected chi connectivity index (χ1v) is 14.9. The zero-order chi connectivity index (χ0) is 28.6. The molecule has 2 amide bonds. The molecule has 9 heteroatoms. The minimum atomic E-state index is -0.514. The smallest absolute Gasteiger partial charge is 0.244 e. The lowest BCUT2D eigenvalue weighted by atomic mass is 10.1. The number of ether oxygens (including phenoxy) is 1. The molecule has 0 aliphatic carbocycles. The molecule has 6 nitrogen and oxygen atoms in total. The van der Waals surface area contributed by atoms with Crippen molar-refractivity contribution < 1.29 is 14.3 Å². The molecule has 0 saturated heterocycles. The summed E-state index contributed by atoms with van der Waals surface area (Å²) in [5, 5.41) is 8.45. The van der Waals surface area contributed by atoms with Crippen molar-refractivity contribution in [3.8, 4) is 17.0 Å². The number of nitrogens with one attached hydrogen (secondary N) is 2. The van der Waals surface area contributed by atoms with Gasteiger partial charge in [0.2, 0.25) is 11.8 Å². The van der Waals surface area contributed by atoms with Crippen LogP contribution in [0.5, 0.6) is 5.75 Å². The number of rotatable bonds is 10. The number of carbonyl (C=O) groups is 2. The number of anilines is 2. The number of methoxy groups -OCH3 is 1. The van der Waals surface area contributed by atoms with E-state index >= 15 is 0 Å². The molecule has 2 N–H and O–H groups in total. The molecule has 0 fully saturated rings. The second-order valence-electron chi connectivity index (χ2n) is 9.01. The molecule has 0 saturated carbocycles. The van der Waals surface area contributed by atoms with E-state index in [1.165, 1.54) is 23.1 Å². The highest BCUT2D eigenvalue weighted by Gasteiger charge is 2.23. The average molecular weight is 600 g/mol. The number of benzene rings is 4. The van der Waals surface area contributed by atoms with Crippen LogP contribution in [-0.2, 0) is 16.0 Å². The maximum absolute atomic E-state index is 13.5. The van der Waals surface area contributed by atoms with Crippen molar-refractivity contribution in [1.29, 1.82) is 0 Å². The van der Waals surface area contributed by atoms with Gasteiger partial charge in [0.15, 0.2) is 5.13 Å². The summed E-state index contributed by atoms with van der Waals surface area (Å²) in [6.45, 7) is 0. The molecule has 0 spiro atoms. The van der Waals surface area contributed by atoms with Gasteiger partial charge in [0, 0.05) is 26.5 Å². The Bertz CT molecular complexity index is 1620. The van der Waals surface area contributed by atoms with Gasteiger partial charge in [-0.2, -0.15) is 0 Å². The van der Waals surface area contributed by atoms with Gasteiger partial charge >= 0.3 is 0 Å². The summed E-state index contributed by atoms with van der Waals surface area (Å²) < 4.78 is 5.46. The fourth-order valence-electron chi connectivity index (χ4n) is 4.13. The summed E-state index contributed by atoms with van der Waals surface area (Å²) in [6.07, 6.45) is 0.249. The summed E-state index contributed by atoms with van der Waals surface area (Å²) >= 11 is 8.72. The third-order valence-electron chi connectivity index (χ3n) is 6.13. The molecule has 0 radical (unpaired) electrons. The standard InChI is InChI=1S/C32H26ClN3O3S2/c1-39-28-10-6-5-9-26(28)27-20-40-32(35-27)36-31(38)30(22-7-3-2-4-8-22)41-25-17-15-24(16-18-25)34-29(37)19-21-11-13-23(33)14-12-21/h2-18,20,30H,19H2,1H3,(H,34,37)(H,35,36,38). The van der Waals surface area contributed by atoms with Gasteiger partial charge < -0.3 is 15.4 Å². The largest absolute Gasteiger partial charge is 0.496 e. The zero-order valence-electron chi connectivity index (χ0n) is 22.0. The first-order valence-electron chi connectivity index (χ1n) is 12.7. The van der Waals surface area contributed by atoms with Gasteiger partial charge in [0.1, 0.15) is 11.0 Å². The van der Waals surface area contributed by atoms with Crippen molar-refractivity contribution in [2.24, 2.45) is 0 Å².